The first-order chi connectivity index (χ1) is 12.8. The molecule has 0 saturated carbocycles. The van der Waals surface area contributed by atoms with Crippen LogP contribution in [0.3, 0.4) is 0 Å². The predicted molar refractivity (Wildman–Crippen MR) is 102 cm³/mol. The van der Waals surface area contributed by atoms with Crippen molar-refractivity contribution < 1.29 is 22.7 Å². The summed E-state index contributed by atoms with van der Waals surface area (Å²) < 4.78 is 37.9. The number of ether oxygens (including phenoxy) is 2. The summed E-state index contributed by atoms with van der Waals surface area (Å²) in [6, 6.07) is 12.3. The van der Waals surface area contributed by atoms with Crippen LogP contribution in [0.2, 0.25) is 5.02 Å². The van der Waals surface area contributed by atoms with Crippen LogP contribution in [-0.4, -0.2) is 44.0 Å². The lowest BCUT2D eigenvalue weighted by atomic mass is 10.2. The summed E-state index contributed by atoms with van der Waals surface area (Å²) in [5, 5.41) is 0.320. The Labute approximate surface area is 163 Å². The van der Waals surface area contributed by atoms with Gasteiger partial charge in [0.2, 0.25) is 10.0 Å². The number of nitrogens with zero attached hydrogens (tertiary/aromatic N) is 1. The Bertz CT molecular complexity index is 919. The Morgan fingerprint density at radius 3 is 2.26 bits per heavy atom. The number of rotatable bonds is 4. The lowest BCUT2D eigenvalue weighted by Crippen LogP contribution is -2.48. The van der Waals surface area contributed by atoms with Gasteiger partial charge in [0.15, 0.2) is 0 Å². The molecule has 2 aromatic rings. The van der Waals surface area contributed by atoms with Gasteiger partial charge in [0.05, 0.1) is 27.7 Å². The van der Waals surface area contributed by atoms with E-state index >= 15 is 0 Å². The lowest BCUT2D eigenvalue weighted by molar-refractivity contribution is -0.0440. The molecule has 8 heteroatoms. The topological polar surface area (TPSA) is 72.9 Å². The lowest BCUT2D eigenvalue weighted by Gasteiger charge is -2.34. The largest absolute Gasteiger partial charge is 0.421 e. The monoisotopic (exact) mass is 409 g/mol. The summed E-state index contributed by atoms with van der Waals surface area (Å²) in [4.78, 5) is 12.4. The minimum atomic E-state index is -3.66. The van der Waals surface area contributed by atoms with E-state index in [4.69, 9.17) is 21.1 Å². The van der Waals surface area contributed by atoms with E-state index in [9.17, 15) is 13.2 Å². The average Bonchev–Trinajstić information content (AvgIpc) is 2.63. The van der Waals surface area contributed by atoms with Gasteiger partial charge >= 0.3 is 5.97 Å². The van der Waals surface area contributed by atoms with Crippen LogP contribution in [0.4, 0.5) is 0 Å². The van der Waals surface area contributed by atoms with Crippen LogP contribution in [-0.2, 0) is 14.8 Å². The second kappa shape index (κ2) is 7.98. The molecule has 1 fully saturated rings. The van der Waals surface area contributed by atoms with Crippen molar-refractivity contribution in [3.05, 3.63) is 59.1 Å². The molecule has 27 heavy (non-hydrogen) atoms. The zero-order valence-electron chi connectivity index (χ0n) is 15.0. The third kappa shape index (κ3) is 4.50. The van der Waals surface area contributed by atoms with Crippen LogP contribution in [0.1, 0.15) is 24.2 Å². The summed E-state index contributed by atoms with van der Waals surface area (Å²) in [6.45, 7) is 4.27. The number of para-hydroxylation sites is 1. The molecule has 0 spiro atoms. The molecule has 0 radical (unpaired) electrons. The van der Waals surface area contributed by atoms with Crippen molar-refractivity contribution in [1.82, 2.24) is 4.31 Å². The Morgan fingerprint density at radius 2 is 1.67 bits per heavy atom. The second-order valence-electron chi connectivity index (χ2n) is 6.42. The summed E-state index contributed by atoms with van der Waals surface area (Å²) in [6.07, 6.45) is -0.346. The van der Waals surface area contributed by atoms with Gasteiger partial charge in [0.25, 0.3) is 0 Å². The molecule has 1 heterocycles. The van der Waals surface area contributed by atoms with E-state index < -0.39 is 16.0 Å². The van der Waals surface area contributed by atoms with Crippen molar-refractivity contribution in [1.29, 1.82) is 0 Å². The minimum Gasteiger partial charge on any atom is -0.421 e. The maximum Gasteiger partial charge on any atom is 0.343 e. The molecular formula is C19H20ClNO5S. The Kier molecular flexibility index (Phi) is 5.86. The van der Waals surface area contributed by atoms with Crippen LogP contribution in [0.15, 0.2) is 53.4 Å². The molecule has 0 N–H and O–H groups in total. The molecular weight excluding hydrogens is 390 g/mol. The fourth-order valence-electron chi connectivity index (χ4n) is 2.93. The van der Waals surface area contributed by atoms with Gasteiger partial charge in [-0.15, -0.1) is 0 Å². The van der Waals surface area contributed by atoms with Crippen LogP contribution < -0.4 is 4.74 Å². The highest BCUT2D eigenvalue weighted by Crippen LogP contribution is 2.25. The summed E-state index contributed by atoms with van der Waals surface area (Å²) in [7, 11) is -3.66. The number of carbonyl (C=O) groups excluding carboxylic acids is 1. The third-order valence-corrected chi connectivity index (χ3v) is 6.31. The fraction of sp³-hybridized carbons (Fsp3) is 0.316. The van der Waals surface area contributed by atoms with Gasteiger partial charge in [-0.25, -0.2) is 13.2 Å². The zero-order valence-corrected chi connectivity index (χ0v) is 16.5. The van der Waals surface area contributed by atoms with Crippen molar-refractivity contribution in [2.75, 3.05) is 13.1 Å². The fourth-order valence-corrected chi connectivity index (χ4v) is 4.69. The number of hydrogen-bond donors (Lipinski definition) is 0. The van der Waals surface area contributed by atoms with E-state index in [-0.39, 0.29) is 28.4 Å². The van der Waals surface area contributed by atoms with Gasteiger partial charge in [-0.3, -0.25) is 0 Å². The molecule has 0 unspecified atom stereocenters. The molecule has 144 valence electrons. The molecule has 3 rings (SSSR count). The SMILES string of the molecule is C[C@@H]1CN(S(=O)(=O)c2ccc(C(=O)Oc3ccccc3Cl)cc2)C[C@H](C)O1. The predicted octanol–water partition coefficient (Wildman–Crippen LogP) is 3.36. The standard InChI is InChI=1S/C19H20ClNO5S/c1-13-11-21(12-14(2)25-13)27(23,24)16-9-7-15(8-10-16)19(22)26-18-6-4-3-5-17(18)20/h3-10,13-14H,11-12H2,1-2H3/t13-,14+. The molecule has 1 aliphatic heterocycles. The maximum absolute atomic E-state index is 12.8. The van der Waals surface area contributed by atoms with Gasteiger partial charge in [-0.1, -0.05) is 23.7 Å². The van der Waals surface area contributed by atoms with E-state index in [0.29, 0.717) is 18.1 Å². The highest BCUT2D eigenvalue weighted by molar-refractivity contribution is 7.89. The van der Waals surface area contributed by atoms with Gasteiger partial charge in [0, 0.05) is 13.1 Å². The molecule has 2 atom stereocenters. The smallest absolute Gasteiger partial charge is 0.343 e. The molecule has 1 saturated heterocycles. The third-order valence-electron chi connectivity index (χ3n) is 4.15. The highest BCUT2D eigenvalue weighted by atomic mass is 35.5. The van der Waals surface area contributed by atoms with E-state index in [1.165, 1.54) is 28.6 Å². The molecule has 0 bridgehead atoms. The normalized spacial score (nSPS) is 21.0. The number of hydrogen-bond acceptors (Lipinski definition) is 5. The zero-order chi connectivity index (χ0) is 19.6. The molecule has 2 aromatic carbocycles. The molecule has 0 amide bonds. The number of morpholine rings is 1. The highest BCUT2D eigenvalue weighted by Gasteiger charge is 2.32. The van der Waals surface area contributed by atoms with Crippen molar-refractivity contribution >= 4 is 27.6 Å². The number of sulfonamides is 1. The van der Waals surface area contributed by atoms with E-state index in [1.807, 2.05) is 13.8 Å². The molecule has 0 aromatic heterocycles. The van der Waals surface area contributed by atoms with Gasteiger partial charge < -0.3 is 9.47 Å². The van der Waals surface area contributed by atoms with Crippen molar-refractivity contribution in [3.63, 3.8) is 0 Å². The van der Waals surface area contributed by atoms with Crippen LogP contribution in [0, 0.1) is 0 Å². The Hall–Kier alpha value is -1.93. The summed E-state index contributed by atoms with van der Waals surface area (Å²) >= 11 is 5.98. The molecule has 1 aliphatic rings. The number of halogens is 1. The minimum absolute atomic E-state index is 0.123. The maximum atomic E-state index is 12.8. The van der Waals surface area contributed by atoms with E-state index in [1.54, 1.807) is 24.3 Å². The first-order valence-corrected chi connectivity index (χ1v) is 10.3. The van der Waals surface area contributed by atoms with Crippen LogP contribution in [0.5, 0.6) is 5.75 Å². The van der Waals surface area contributed by atoms with Crippen molar-refractivity contribution in [2.45, 2.75) is 31.0 Å². The second-order valence-corrected chi connectivity index (χ2v) is 8.77. The van der Waals surface area contributed by atoms with Crippen LogP contribution >= 0.6 is 11.6 Å². The number of benzene rings is 2. The Balaban J connectivity index is 1.76. The van der Waals surface area contributed by atoms with Crippen molar-refractivity contribution in [2.24, 2.45) is 0 Å². The first-order valence-electron chi connectivity index (χ1n) is 8.50. The first kappa shape index (κ1) is 19.8. The average molecular weight is 410 g/mol. The van der Waals surface area contributed by atoms with Crippen molar-refractivity contribution in [3.8, 4) is 5.75 Å². The van der Waals surface area contributed by atoms with Gasteiger partial charge in [-0.05, 0) is 50.2 Å². The van der Waals surface area contributed by atoms with Gasteiger partial charge in [-0.2, -0.15) is 4.31 Å². The molecule has 6 nitrogen and oxygen atoms in total. The Morgan fingerprint density at radius 1 is 1.07 bits per heavy atom. The summed E-state index contributed by atoms with van der Waals surface area (Å²) in [5.41, 5.74) is 0.234. The van der Waals surface area contributed by atoms with E-state index in [2.05, 4.69) is 0 Å². The number of esters is 1. The van der Waals surface area contributed by atoms with Gasteiger partial charge in [0.1, 0.15) is 5.75 Å². The van der Waals surface area contributed by atoms with E-state index in [0.717, 1.165) is 0 Å². The number of carbonyl (C=O) groups is 1. The van der Waals surface area contributed by atoms with Crippen LogP contribution in [0.25, 0.3) is 0 Å². The molecule has 0 aliphatic carbocycles. The summed E-state index contributed by atoms with van der Waals surface area (Å²) in [5.74, 6) is -0.363. The quantitative estimate of drug-likeness (QED) is 0.572.